The summed E-state index contributed by atoms with van der Waals surface area (Å²) in [5.74, 6) is 0.967. The number of carbonyl (C=O) groups is 1. The van der Waals surface area contributed by atoms with E-state index in [1.807, 2.05) is 18.5 Å². The minimum absolute atomic E-state index is 0.01000. The molecule has 1 amide bonds. The number of hydrogen-bond acceptors (Lipinski definition) is 3. The van der Waals surface area contributed by atoms with Gasteiger partial charge in [0.25, 0.3) is 0 Å². The van der Waals surface area contributed by atoms with Crippen molar-refractivity contribution in [1.82, 2.24) is 19.4 Å². The van der Waals surface area contributed by atoms with E-state index in [9.17, 15) is 9.59 Å². The zero-order valence-electron chi connectivity index (χ0n) is 16.2. The van der Waals surface area contributed by atoms with Gasteiger partial charge in [-0.05, 0) is 31.2 Å². The lowest BCUT2D eigenvalue weighted by Crippen LogP contribution is -2.46. The number of pyridine rings is 2. The molecule has 0 bridgehead atoms. The van der Waals surface area contributed by atoms with Crippen molar-refractivity contribution in [3.05, 3.63) is 40.9 Å². The molecule has 1 saturated heterocycles. The molecule has 1 saturated carbocycles. The van der Waals surface area contributed by atoms with Crippen molar-refractivity contribution >= 4 is 27.8 Å². The highest BCUT2D eigenvalue weighted by Crippen LogP contribution is 2.34. The van der Waals surface area contributed by atoms with Crippen LogP contribution < -0.4 is 5.43 Å². The maximum Gasteiger partial charge on any atom is 0.225 e. The van der Waals surface area contributed by atoms with Gasteiger partial charge in [-0.3, -0.25) is 9.59 Å². The van der Waals surface area contributed by atoms with Crippen LogP contribution in [0, 0.1) is 11.8 Å². The molecule has 2 atom stereocenters. The van der Waals surface area contributed by atoms with E-state index in [0.717, 1.165) is 42.4 Å². The van der Waals surface area contributed by atoms with E-state index in [-0.39, 0.29) is 17.4 Å². The van der Waals surface area contributed by atoms with Gasteiger partial charge in [0.1, 0.15) is 5.65 Å². The Bertz CT molecular complexity index is 1090. The SMILES string of the molecule is CC1CCN(C(=O)C2CCCC2)CC1n1ccc(=O)c2cnc3[nH]ccc3c21. The molecule has 0 aromatic carbocycles. The number of aromatic nitrogens is 3. The quantitative estimate of drug-likeness (QED) is 0.742. The van der Waals surface area contributed by atoms with Crippen LogP contribution in [0.5, 0.6) is 0 Å². The maximum absolute atomic E-state index is 13.0. The van der Waals surface area contributed by atoms with Crippen molar-refractivity contribution in [2.45, 2.75) is 45.1 Å². The van der Waals surface area contributed by atoms with Gasteiger partial charge >= 0.3 is 0 Å². The molecule has 6 nitrogen and oxygen atoms in total. The number of hydrogen-bond donors (Lipinski definition) is 1. The van der Waals surface area contributed by atoms with Crippen molar-refractivity contribution in [3.8, 4) is 0 Å². The first-order chi connectivity index (χ1) is 13.6. The van der Waals surface area contributed by atoms with E-state index >= 15 is 0 Å². The summed E-state index contributed by atoms with van der Waals surface area (Å²) < 4.78 is 2.22. The van der Waals surface area contributed by atoms with Crippen LogP contribution in [0.4, 0.5) is 0 Å². The van der Waals surface area contributed by atoms with Crippen LogP contribution >= 0.6 is 0 Å². The number of nitrogens with one attached hydrogen (secondary N) is 1. The van der Waals surface area contributed by atoms with Crippen molar-refractivity contribution < 1.29 is 4.79 Å². The minimum atomic E-state index is -0.01000. The third-order valence-corrected chi connectivity index (χ3v) is 6.76. The number of fused-ring (bicyclic) bond motifs is 3. The Morgan fingerprint density at radius 3 is 2.82 bits per heavy atom. The normalized spacial score (nSPS) is 23.7. The second-order valence-electron chi connectivity index (χ2n) is 8.45. The Kier molecular flexibility index (Phi) is 4.22. The van der Waals surface area contributed by atoms with E-state index in [4.69, 9.17) is 0 Å². The first-order valence-electron chi connectivity index (χ1n) is 10.4. The Morgan fingerprint density at radius 2 is 2.00 bits per heavy atom. The lowest BCUT2D eigenvalue weighted by Gasteiger charge is -2.40. The molecule has 28 heavy (non-hydrogen) atoms. The van der Waals surface area contributed by atoms with E-state index in [1.54, 1.807) is 12.3 Å². The van der Waals surface area contributed by atoms with Crippen LogP contribution in [0.2, 0.25) is 0 Å². The molecule has 1 aliphatic heterocycles. The number of aromatic amines is 1. The minimum Gasteiger partial charge on any atom is -0.346 e. The fourth-order valence-electron chi connectivity index (χ4n) is 5.08. The van der Waals surface area contributed by atoms with E-state index in [2.05, 4.69) is 26.4 Å². The molecule has 3 aromatic heterocycles. The average molecular weight is 378 g/mol. The monoisotopic (exact) mass is 378 g/mol. The van der Waals surface area contributed by atoms with Crippen LogP contribution in [-0.4, -0.2) is 38.4 Å². The first kappa shape index (κ1) is 17.5. The predicted octanol–water partition coefficient (Wildman–Crippen LogP) is 3.48. The molecule has 146 valence electrons. The number of H-pyrrole nitrogens is 1. The number of likely N-dealkylation sites (tertiary alicyclic amines) is 1. The van der Waals surface area contributed by atoms with E-state index in [1.165, 1.54) is 12.8 Å². The van der Waals surface area contributed by atoms with Gasteiger partial charge in [-0.25, -0.2) is 4.98 Å². The smallest absolute Gasteiger partial charge is 0.225 e. The summed E-state index contributed by atoms with van der Waals surface area (Å²) in [5, 5.41) is 1.60. The second kappa shape index (κ2) is 6.76. The predicted molar refractivity (Wildman–Crippen MR) is 109 cm³/mol. The number of amides is 1. The van der Waals surface area contributed by atoms with E-state index < -0.39 is 0 Å². The highest BCUT2D eigenvalue weighted by molar-refractivity contribution is 6.02. The van der Waals surface area contributed by atoms with Gasteiger partial charge in [0.05, 0.1) is 16.9 Å². The first-order valence-corrected chi connectivity index (χ1v) is 10.4. The van der Waals surface area contributed by atoms with Gasteiger partial charge in [-0.2, -0.15) is 0 Å². The van der Waals surface area contributed by atoms with Gasteiger partial charge in [0.2, 0.25) is 5.91 Å². The third kappa shape index (κ3) is 2.74. The van der Waals surface area contributed by atoms with Crippen molar-refractivity contribution in [2.24, 2.45) is 11.8 Å². The second-order valence-corrected chi connectivity index (χ2v) is 8.45. The lowest BCUT2D eigenvalue weighted by molar-refractivity contribution is -0.137. The molecular formula is C22H26N4O2. The molecule has 4 heterocycles. The molecule has 3 aromatic rings. The fourth-order valence-corrected chi connectivity index (χ4v) is 5.08. The zero-order chi connectivity index (χ0) is 19.3. The average Bonchev–Trinajstić information content (AvgIpc) is 3.40. The Morgan fingerprint density at radius 1 is 1.18 bits per heavy atom. The number of nitrogens with zero attached hydrogens (tertiary/aromatic N) is 3. The fraction of sp³-hybridized carbons (Fsp3) is 0.500. The number of rotatable bonds is 2. The standard InChI is InChI=1S/C22H26N4O2/c1-14-7-10-25(22(28)15-4-2-3-5-15)13-18(14)26-11-8-19(27)17-12-24-21-16(20(17)26)6-9-23-21/h6,8-9,11-12,14-15,18H,2-5,7,10,13H2,1H3,(H,23,24). The molecule has 1 aliphatic carbocycles. The molecule has 6 heteroatoms. The van der Waals surface area contributed by atoms with Crippen LogP contribution in [0.1, 0.15) is 45.1 Å². The molecule has 2 unspecified atom stereocenters. The largest absolute Gasteiger partial charge is 0.346 e. The Labute approximate surface area is 163 Å². The molecule has 2 fully saturated rings. The van der Waals surface area contributed by atoms with Gasteiger partial charge < -0.3 is 14.5 Å². The molecule has 0 spiro atoms. The highest BCUT2D eigenvalue weighted by Gasteiger charge is 2.34. The topological polar surface area (TPSA) is 71.0 Å². The third-order valence-electron chi connectivity index (χ3n) is 6.76. The van der Waals surface area contributed by atoms with Crippen LogP contribution in [0.25, 0.3) is 21.9 Å². The molecule has 0 radical (unpaired) electrons. The Hall–Kier alpha value is -2.63. The summed E-state index contributed by atoms with van der Waals surface area (Å²) in [6.45, 7) is 3.80. The molecule has 1 N–H and O–H groups in total. The summed E-state index contributed by atoms with van der Waals surface area (Å²) in [6, 6.07) is 3.77. The molecule has 2 aliphatic rings. The Balaban J connectivity index is 1.58. The number of piperidine rings is 1. The van der Waals surface area contributed by atoms with Crippen LogP contribution in [0.15, 0.2) is 35.5 Å². The van der Waals surface area contributed by atoms with Crippen LogP contribution in [0.3, 0.4) is 0 Å². The summed E-state index contributed by atoms with van der Waals surface area (Å²) in [7, 11) is 0. The summed E-state index contributed by atoms with van der Waals surface area (Å²) in [5.41, 5.74) is 1.70. The highest BCUT2D eigenvalue weighted by atomic mass is 16.2. The summed E-state index contributed by atoms with van der Waals surface area (Å²) in [6.07, 6.45) is 10.8. The molecular weight excluding hydrogens is 352 g/mol. The lowest BCUT2D eigenvalue weighted by atomic mass is 9.91. The van der Waals surface area contributed by atoms with Crippen molar-refractivity contribution in [2.75, 3.05) is 13.1 Å². The summed E-state index contributed by atoms with van der Waals surface area (Å²) >= 11 is 0. The van der Waals surface area contributed by atoms with Crippen LogP contribution in [-0.2, 0) is 4.79 Å². The van der Waals surface area contributed by atoms with Gasteiger partial charge in [-0.1, -0.05) is 19.8 Å². The number of carbonyl (C=O) groups excluding carboxylic acids is 1. The molecule has 5 rings (SSSR count). The van der Waals surface area contributed by atoms with Gasteiger partial charge in [0.15, 0.2) is 5.43 Å². The van der Waals surface area contributed by atoms with Crippen molar-refractivity contribution in [3.63, 3.8) is 0 Å². The van der Waals surface area contributed by atoms with Gasteiger partial charge in [-0.15, -0.1) is 0 Å². The maximum atomic E-state index is 13.0. The summed E-state index contributed by atoms with van der Waals surface area (Å²) in [4.78, 5) is 35.1. The van der Waals surface area contributed by atoms with Gasteiger partial charge in [0, 0.05) is 49.1 Å². The zero-order valence-corrected chi connectivity index (χ0v) is 16.2. The van der Waals surface area contributed by atoms with Crippen molar-refractivity contribution in [1.29, 1.82) is 0 Å². The van der Waals surface area contributed by atoms with E-state index in [0.29, 0.717) is 23.8 Å².